The minimum Gasteiger partial charge on any atom is -0.383 e. The second kappa shape index (κ2) is 7.02. The molecule has 9 heteroatoms. The topological polar surface area (TPSA) is 123 Å². The number of ether oxygens (including phenoxy) is 1. The van der Waals surface area contributed by atoms with Crippen molar-refractivity contribution < 1.29 is 17.9 Å². The van der Waals surface area contributed by atoms with Gasteiger partial charge >= 0.3 is 0 Å². The van der Waals surface area contributed by atoms with E-state index in [0.717, 1.165) is 0 Å². The van der Waals surface area contributed by atoms with E-state index in [2.05, 4.69) is 15.0 Å². The third kappa shape index (κ3) is 4.81. The maximum Gasteiger partial charge on any atom is 0.244 e. The van der Waals surface area contributed by atoms with Crippen molar-refractivity contribution in [2.75, 3.05) is 32.5 Å². The van der Waals surface area contributed by atoms with Crippen LogP contribution in [0.3, 0.4) is 0 Å². The molecule has 1 heterocycles. The molecule has 1 amide bonds. The Morgan fingerprint density at radius 1 is 1.53 bits per heavy atom. The second-order valence-corrected chi connectivity index (χ2v) is 5.29. The molecule has 0 aliphatic heterocycles. The Morgan fingerprint density at radius 2 is 2.26 bits per heavy atom. The zero-order valence-electron chi connectivity index (χ0n) is 10.4. The second-order valence-electron chi connectivity index (χ2n) is 3.55. The van der Waals surface area contributed by atoms with Gasteiger partial charge in [0.1, 0.15) is 10.7 Å². The summed E-state index contributed by atoms with van der Waals surface area (Å²) in [5.74, 6) is -0.571. The number of amides is 1. The number of nitrogens with two attached hydrogens (primary N) is 1. The van der Waals surface area contributed by atoms with Gasteiger partial charge in [-0.25, -0.2) is 18.1 Å². The normalized spacial score (nSPS) is 11.2. The van der Waals surface area contributed by atoms with E-state index >= 15 is 0 Å². The highest BCUT2D eigenvalue weighted by molar-refractivity contribution is 7.89. The lowest BCUT2D eigenvalue weighted by atomic mass is 10.5. The summed E-state index contributed by atoms with van der Waals surface area (Å²) in [6.45, 7) is 0.292. The maximum atomic E-state index is 11.9. The first kappa shape index (κ1) is 15.3. The van der Waals surface area contributed by atoms with Crippen LogP contribution in [0.5, 0.6) is 0 Å². The monoisotopic (exact) mass is 288 g/mol. The fourth-order valence-corrected chi connectivity index (χ4v) is 2.29. The lowest BCUT2D eigenvalue weighted by Crippen LogP contribution is -2.38. The fraction of sp³-hybridized carbons (Fsp3) is 0.400. The van der Waals surface area contributed by atoms with Crippen LogP contribution < -0.4 is 15.8 Å². The Kier molecular flexibility index (Phi) is 5.67. The molecule has 0 aliphatic rings. The predicted molar refractivity (Wildman–Crippen MR) is 68.7 cm³/mol. The number of methoxy groups -OCH3 is 1. The van der Waals surface area contributed by atoms with Crippen molar-refractivity contribution in [3.63, 3.8) is 0 Å². The maximum absolute atomic E-state index is 11.9. The van der Waals surface area contributed by atoms with Gasteiger partial charge in [0.15, 0.2) is 0 Å². The molecule has 19 heavy (non-hydrogen) atoms. The van der Waals surface area contributed by atoms with Gasteiger partial charge in [0.05, 0.1) is 13.2 Å². The molecule has 0 fully saturated rings. The molecule has 0 radical (unpaired) electrons. The van der Waals surface area contributed by atoms with Crippen molar-refractivity contribution in [2.24, 2.45) is 0 Å². The number of hydrogen-bond donors (Lipinski definition) is 3. The van der Waals surface area contributed by atoms with Crippen LogP contribution in [0, 0.1) is 0 Å². The number of carbonyl (C=O) groups is 1. The van der Waals surface area contributed by atoms with E-state index in [1.54, 1.807) is 0 Å². The van der Waals surface area contributed by atoms with Crippen LogP contribution >= 0.6 is 0 Å². The van der Waals surface area contributed by atoms with Crippen LogP contribution in [0.25, 0.3) is 0 Å². The standard InChI is InChI=1S/C10H16N4O4S/c1-18-6-5-12-9(15)7-14-19(16,17)8-3-2-4-13-10(8)11/h2-4,14H,5-7H2,1H3,(H2,11,13)(H,12,15). The average molecular weight is 288 g/mol. The number of sulfonamides is 1. The van der Waals surface area contributed by atoms with Gasteiger partial charge in [-0.1, -0.05) is 0 Å². The summed E-state index contributed by atoms with van der Waals surface area (Å²) in [6.07, 6.45) is 1.38. The van der Waals surface area contributed by atoms with E-state index in [0.29, 0.717) is 13.2 Å². The molecule has 0 atom stereocenters. The van der Waals surface area contributed by atoms with Gasteiger partial charge in [-0.3, -0.25) is 4.79 Å². The Morgan fingerprint density at radius 3 is 2.89 bits per heavy atom. The number of nitrogens with zero attached hydrogens (tertiary/aromatic N) is 1. The average Bonchev–Trinajstić information content (AvgIpc) is 2.37. The van der Waals surface area contributed by atoms with Gasteiger partial charge in [-0.05, 0) is 12.1 Å². The van der Waals surface area contributed by atoms with Crippen LogP contribution in [-0.2, 0) is 19.6 Å². The number of carbonyl (C=O) groups excluding carboxylic acids is 1. The smallest absolute Gasteiger partial charge is 0.244 e. The Labute approximate surface area is 111 Å². The zero-order chi connectivity index (χ0) is 14.3. The van der Waals surface area contributed by atoms with Crippen molar-refractivity contribution in [1.82, 2.24) is 15.0 Å². The van der Waals surface area contributed by atoms with Crippen molar-refractivity contribution in [2.45, 2.75) is 4.90 Å². The van der Waals surface area contributed by atoms with Gasteiger partial charge in [-0.2, -0.15) is 0 Å². The van der Waals surface area contributed by atoms with Crippen LogP contribution in [-0.4, -0.2) is 46.1 Å². The van der Waals surface area contributed by atoms with E-state index < -0.39 is 15.9 Å². The van der Waals surface area contributed by atoms with Gasteiger partial charge in [0, 0.05) is 19.9 Å². The summed E-state index contributed by atoms with van der Waals surface area (Å²) in [6, 6.07) is 2.76. The molecular formula is C10H16N4O4S. The summed E-state index contributed by atoms with van der Waals surface area (Å²) in [7, 11) is -2.35. The lowest BCUT2D eigenvalue weighted by Gasteiger charge is -2.08. The zero-order valence-corrected chi connectivity index (χ0v) is 11.2. The minimum atomic E-state index is -3.85. The molecule has 1 aromatic rings. The van der Waals surface area contributed by atoms with Crippen molar-refractivity contribution in [3.05, 3.63) is 18.3 Å². The highest BCUT2D eigenvalue weighted by atomic mass is 32.2. The minimum absolute atomic E-state index is 0.116. The van der Waals surface area contributed by atoms with Crippen molar-refractivity contribution in [1.29, 1.82) is 0 Å². The molecular weight excluding hydrogens is 272 g/mol. The van der Waals surface area contributed by atoms with Gasteiger partial charge in [0.2, 0.25) is 15.9 Å². The van der Waals surface area contributed by atoms with E-state index in [9.17, 15) is 13.2 Å². The number of anilines is 1. The Hall–Kier alpha value is -1.71. The predicted octanol–water partition coefficient (Wildman–Crippen LogP) is -1.30. The first-order chi connectivity index (χ1) is 8.97. The third-order valence-electron chi connectivity index (χ3n) is 2.14. The SMILES string of the molecule is COCCNC(=O)CNS(=O)(=O)c1cccnc1N. The molecule has 0 spiro atoms. The number of rotatable bonds is 7. The van der Waals surface area contributed by atoms with Crippen LogP contribution in [0.1, 0.15) is 0 Å². The quantitative estimate of drug-likeness (QED) is 0.536. The summed E-state index contributed by atoms with van der Waals surface area (Å²) in [4.78, 5) is 14.9. The summed E-state index contributed by atoms with van der Waals surface area (Å²) in [5.41, 5.74) is 5.46. The lowest BCUT2D eigenvalue weighted by molar-refractivity contribution is -0.120. The number of nitrogen functional groups attached to an aromatic ring is 1. The molecule has 0 aliphatic carbocycles. The number of hydrogen-bond acceptors (Lipinski definition) is 6. The molecule has 0 bridgehead atoms. The van der Waals surface area contributed by atoms with Gasteiger partial charge < -0.3 is 15.8 Å². The van der Waals surface area contributed by atoms with Crippen molar-refractivity contribution in [3.8, 4) is 0 Å². The number of nitrogens with one attached hydrogen (secondary N) is 2. The van der Waals surface area contributed by atoms with Gasteiger partial charge in [-0.15, -0.1) is 0 Å². The Bertz CT molecular complexity index is 532. The summed E-state index contributed by atoms with van der Waals surface area (Å²) < 4.78 is 30.6. The molecule has 1 aromatic heterocycles. The molecule has 8 nitrogen and oxygen atoms in total. The van der Waals surface area contributed by atoms with E-state index in [-0.39, 0.29) is 17.3 Å². The molecule has 0 saturated heterocycles. The highest BCUT2D eigenvalue weighted by Gasteiger charge is 2.18. The molecule has 4 N–H and O–H groups in total. The molecule has 0 unspecified atom stereocenters. The molecule has 0 saturated carbocycles. The first-order valence-electron chi connectivity index (χ1n) is 5.43. The summed E-state index contributed by atoms with van der Waals surface area (Å²) >= 11 is 0. The largest absolute Gasteiger partial charge is 0.383 e. The summed E-state index contributed by atoms with van der Waals surface area (Å²) in [5, 5.41) is 2.48. The molecule has 106 valence electrons. The number of pyridine rings is 1. The van der Waals surface area contributed by atoms with Crippen molar-refractivity contribution >= 4 is 21.7 Å². The first-order valence-corrected chi connectivity index (χ1v) is 6.91. The van der Waals surface area contributed by atoms with Crippen LogP contribution in [0.15, 0.2) is 23.2 Å². The number of aromatic nitrogens is 1. The highest BCUT2D eigenvalue weighted by Crippen LogP contribution is 2.13. The van der Waals surface area contributed by atoms with E-state index in [4.69, 9.17) is 10.5 Å². The van der Waals surface area contributed by atoms with E-state index in [1.165, 1.54) is 25.4 Å². The van der Waals surface area contributed by atoms with E-state index in [1.807, 2.05) is 0 Å². The third-order valence-corrected chi connectivity index (χ3v) is 3.59. The Balaban J connectivity index is 2.57. The van der Waals surface area contributed by atoms with Crippen LogP contribution in [0.2, 0.25) is 0 Å². The van der Waals surface area contributed by atoms with Gasteiger partial charge in [0.25, 0.3) is 0 Å². The van der Waals surface area contributed by atoms with Crippen LogP contribution in [0.4, 0.5) is 5.82 Å². The fourth-order valence-electron chi connectivity index (χ4n) is 1.22. The molecule has 0 aromatic carbocycles. The molecule has 1 rings (SSSR count).